The molecular weight excluding hydrogens is 606 g/mol. The minimum absolute atomic E-state index is 0.0567. The van der Waals surface area contributed by atoms with Gasteiger partial charge in [-0.3, -0.25) is 9.48 Å². The van der Waals surface area contributed by atoms with Gasteiger partial charge in [0.1, 0.15) is 11.6 Å². The monoisotopic (exact) mass is 640 g/mol. The van der Waals surface area contributed by atoms with Crippen molar-refractivity contribution in [2.45, 2.75) is 56.2 Å². The Morgan fingerprint density at radius 3 is 2.56 bits per heavy atom. The number of nitrogens with one attached hydrogen (secondary N) is 2. The largest absolute Gasteiger partial charge is 0.382 e. The standard InChI is InChI=1S/C29H34F2N10O3S/c1-39(17-25(30)31)29(42)18-3-5-20(6-4-18)35-24-13-27(33-15-22(24)23-10-12-40(2)38-23)36-26-9-11-32-28(37-26)19-14-34-41(16-19)45(43,44)21-7-8-21/h9-16,18,20-21,25H,3-8,17H2,1-2H3,(H2,32,33,35,36,37). The lowest BCUT2D eigenvalue weighted by Gasteiger charge is -2.31. The zero-order valence-electron chi connectivity index (χ0n) is 24.8. The first kappa shape index (κ1) is 30.6. The molecule has 2 N–H and O–H groups in total. The van der Waals surface area contributed by atoms with Gasteiger partial charge in [-0.05, 0) is 50.7 Å². The number of hydrogen-bond acceptors (Lipinski definition) is 10. The first-order valence-corrected chi connectivity index (χ1v) is 16.3. The summed E-state index contributed by atoms with van der Waals surface area (Å²) in [5, 5.41) is 15.0. The number of pyridine rings is 1. The molecule has 4 heterocycles. The van der Waals surface area contributed by atoms with E-state index in [-0.39, 0.29) is 23.1 Å². The summed E-state index contributed by atoms with van der Waals surface area (Å²) in [6.45, 7) is -0.559. The summed E-state index contributed by atoms with van der Waals surface area (Å²) in [5.74, 6) is 0.760. The predicted octanol–water partition coefficient (Wildman–Crippen LogP) is 3.91. The van der Waals surface area contributed by atoms with Crippen molar-refractivity contribution >= 4 is 33.3 Å². The van der Waals surface area contributed by atoms with Crippen LogP contribution in [0, 0.1) is 5.92 Å². The third-order valence-electron chi connectivity index (χ3n) is 8.05. The van der Waals surface area contributed by atoms with Gasteiger partial charge in [0.25, 0.3) is 16.4 Å². The Labute approximate surface area is 259 Å². The number of carbonyl (C=O) groups is 1. The van der Waals surface area contributed by atoms with Crippen molar-refractivity contribution in [2.75, 3.05) is 24.2 Å². The molecule has 2 saturated carbocycles. The fourth-order valence-corrected chi connectivity index (χ4v) is 6.97. The zero-order valence-corrected chi connectivity index (χ0v) is 25.7. The summed E-state index contributed by atoms with van der Waals surface area (Å²) >= 11 is 0. The van der Waals surface area contributed by atoms with Crippen LogP contribution in [0.1, 0.15) is 38.5 Å². The number of nitrogens with zero attached hydrogens (tertiary/aromatic N) is 8. The second kappa shape index (κ2) is 12.5. The third-order valence-corrected chi connectivity index (χ3v) is 10.1. The van der Waals surface area contributed by atoms with Gasteiger partial charge in [0.05, 0.1) is 35.4 Å². The van der Waals surface area contributed by atoms with Crippen LogP contribution in [0.25, 0.3) is 22.6 Å². The van der Waals surface area contributed by atoms with Crippen LogP contribution in [0.2, 0.25) is 0 Å². The molecule has 0 aliphatic heterocycles. The highest BCUT2D eigenvalue weighted by Gasteiger charge is 2.37. The summed E-state index contributed by atoms with van der Waals surface area (Å²) in [4.78, 5) is 27.2. The third kappa shape index (κ3) is 6.95. The highest BCUT2D eigenvalue weighted by molar-refractivity contribution is 7.90. The van der Waals surface area contributed by atoms with Crippen LogP contribution >= 0.6 is 0 Å². The number of halogens is 2. The van der Waals surface area contributed by atoms with Crippen LogP contribution in [0.3, 0.4) is 0 Å². The minimum Gasteiger partial charge on any atom is -0.382 e. The summed E-state index contributed by atoms with van der Waals surface area (Å²) in [6, 6.07) is 5.49. The van der Waals surface area contributed by atoms with Gasteiger partial charge in [0.15, 0.2) is 5.82 Å². The molecule has 0 bridgehead atoms. The number of aromatic nitrogens is 7. The van der Waals surface area contributed by atoms with E-state index in [0.29, 0.717) is 61.5 Å². The molecular formula is C29H34F2N10O3S. The molecule has 0 radical (unpaired) electrons. The van der Waals surface area contributed by atoms with E-state index in [4.69, 9.17) is 0 Å². The number of hydrogen-bond donors (Lipinski definition) is 2. The molecule has 238 valence electrons. The normalized spacial score (nSPS) is 18.6. The summed E-state index contributed by atoms with van der Waals surface area (Å²) in [6.07, 6.45) is 9.30. The lowest BCUT2D eigenvalue weighted by molar-refractivity contribution is -0.137. The maximum atomic E-state index is 12.8. The Balaban J connectivity index is 1.18. The Morgan fingerprint density at radius 1 is 1.09 bits per heavy atom. The quantitative estimate of drug-likeness (QED) is 0.247. The molecule has 0 saturated heterocycles. The van der Waals surface area contributed by atoms with Crippen LogP contribution in [0.15, 0.2) is 49.2 Å². The lowest BCUT2D eigenvalue weighted by Crippen LogP contribution is -2.39. The molecule has 2 fully saturated rings. The van der Waals surface area contributed by atoms with Crippen LogP contribution < -0.4 is 10.6 Å². The Morgan fingerprint density at radius 2 is 1.87 bits per heavy atom. The van der Waals surface area contributed by atoms with Gasteiger partial charge < -0.3 is 15.5 Å². The second-order valence-corrected chi connectivity index (χ2v) is 13.6. The van der Waals surface area contributed by atoms with E-state index in [1.165, 1.54) is 19.4 Å². The van der Waals surface area contributed by atoms with Crippen molar-refractivity contribution in [2.24, 2.45) is 13.0 Å². The molecule has 2 aliphatic carbocycles. The molecule has 2 aliphatic rings. The maximum Gasteiger partial charge on any atom is 0.256 e. The SMILES string of the molecule is CN(CC(F)F)C(=O)C1CCC(Nc2cc(Nc3ccnc(-c4cnn(S(=O)(=O)C5CC5)c4)n3)ncc2-c2ccn(C)n2)CC1. The molecule has 45 heavy (non-hydrogen) atoms. The van der Waals surface area contributed by atoms with Crippen molar-refractivity contribution in [1.82, 2.24) is 38.8 Å². The topological polar surface area (TPSA) is 153 Å². The second-order valence-electron chi connectivity index (χ2n) is 11.5. The van der Waals surface area contributed by atoms with Crippen LogP contribution in [-0.4, -0.2) is 84.5 Å². The van der Waals surface area contributed by atoms with E-state index in [9.17, 15) is 22.0 Å². The molecule has 16 heteroatoms. The fraction of sp³-hybridized carbons (Fsp3) is 0.448. The van der Waals surface area contributed by atoms with Gasteiger partial charge in [0, 0.05) is 62.0 Å². The first-order chi connectivity index (χ1) is 21.6. The van der Waals surface area contributed by atoms with Gasteiger partial charge in [-0.25, -0.2) is 32.2 Å². The van der Waals surface area contributed by atoms with Crippen molar-refractivity contribution in [3.8, 4) is 22.6 Å². The van der Waals surface area contributed by atoms with Crippen LogP contribution in [0.4, 0.5) is 26.1 Å². The number of aryl methyl sites for hydroxylation is 1. The highest BCUT2D eigenvalue weighted by atomic mass is 32.2. The molecule has 1 amide bonds. The molecule has 4 aromatic rings. The predicted molar refractivity (Wildman–Crippen MR) is 163 cm³/mol. The molecule has 6 rings (SSSR count). The zero-order chi connectivity index (χ0) is 31.7. The van der Waals surface area contributed by atoms with Gasteiger partial charge in [-0.1, -0.05) is 0 Å². The van der Waals surface area contributed by atoms with E-state index in [2.05, 4.69) is 35.8 Å². The van der Waals surface area contributed by atoms with E-state index >= 15 is 0 Å². The summed E-state index contributed by atoms with van der Waals surface area (Å²) in [7, 11) is -0.244. The van der Waals surface area contributed by atoms with Gasteiger partial charge in [-0.15, -0.1) is 0 Å². The first-order valence-electron chi connectivity index (χ1n) is 14.8. The number of carbonyl (C=O) groups excluding carboxylic acids is 1. The number of anilines is 3. The number of rotatable bonds is 11. The molecule has 0 atom stereocenters. The molecule has 0 unspecified atom stereocenters. The van der Waals surface area contributed by atoms with Crippen molar-refractivity contribution in [3.05, 3.63) is 49.2 Å². The van der Waals surface area contributed by atoms with Crippen molar-refractivity contribution in [3.63, 3.8) is 0 Å². The summed E-state index contributed by atoms with van der Waals surface area (Å²) in [5.41, 5.74) is 2.79. The van der Waals surface area contributed by atoms with Gasteiger partial charge >= 0.3 is 0 Å². The molecule has 13 nitrogen and oxygen atoms in total. The van der Waals surface area contributed by atoms with E-state index in [1.54, 1.807) is 23.1 Å². The van der Waals surface area contributed by atoms with Gasteiger partial charge in [-0.2, -0.15) is 14.3 Å². The molecule has 4 aromatic heterocycles. The Hall–Kier alpha value is -4.47. The summed E-state index contributed by atoms with van der Waals surface area (Å²) < 4.78 is 53.3. The Bertz CT molecular complexity index is 1780. The van der Waals surface area contributed by atoms with Gasteiger partial charge in [0.2, 0.25) is 5.91 Å². The Kier molecular flexibility index (Phi) is 8.48. The average Bonchev–Trinajstić information content (AvgIpc) is 3.61. The maximum absolute atomic E-state index is 12.8. The van der Waals surface area contributed by atoms with E-state index < -0.39 is 23.0 Å². The fourth-order valence-electron chi connectivity index (χ4n) is 5.50. The lowest BCUT2D eigenvalue weighted by atomic mass is 9.85. The van der Waals surface area contributed by atoms with Crippen molar-refractivity contribution in [1.29, 1.82) is 0 Å². The molecule has 0 spiro atoms. The smallest absolute Gasteiger partial charge is 0.256 e. The van der Waals surface area contributed by atoms with Crippen LogP contribution in [-0.2, 0) is 21.9 Å². The number of amides is 1. The highest BCUT2D eigenvalue weighted by Crippen LogP contribution is 2.34. The number of alkyl halides is 2. The molecule has 0 aromatic carbocycles. The van der Waals surface area contributed by atoms with Crippen molar-refractivity contribution < 1.29 is 22.0 Å². The average molecular weight is 641 g/mol. The van der Waals surface area contributed by atoms with E-state index in [1.807, 2.05) is 25.4 Å². The minimum atomic E-state index is -3.51. The van der Waals surface area contributed by atoms with E-state index in [0.717, 1.165) is 25.9 Å². The van der Waals surface area contributed by atoms with Crippen LogP contribution in [0.5, 0.6) is 0 Å².